The maximum absolute atomic E-state index is 11.5. The molecule has 0 aromatic rings. The zero-order chi connectivity index (χ0) is 12.2. The minimum Gasteiger partial charge on any atom is -0.444 e. The van der Waals surface area contributed by atoms with E-state index in [4.69, 9.17) is 16.3 Å². The summed E-state index contributed by atoms with van der Waals surface area (Å²) in [7, 11) is 0. The van der Waals surface area contributed by atoms with Crippen LogP contribution in [0.4, 0.5) is 4.79 Å². The number of hydrogen-bond acceptors (Lipinski definition) is 2. The van der Waals surface area contributed by atoms with E-state index < -0.39 is 5.60 Å². The lowest BCUT2D eigenvalue weighted by Gasteiger charge is -2.27. The number of alkyl carbamates (subject to hydrolysis) is 1. The topological polar surface area (TPSA) is 38.3 Å². The summed E-state index contributed by atoms with van der Waals surface area (Å²) in [6.45, 7) is 6.21. The van der Waals surface area contributed by atoms with Crippen molar-refractivity contribution in [2.45, 2.75) is 52.1 Å². The van der Waals surface area contributed by atoms with E-state index in [1.165, 1.54) is 12.8 Å². The van der Waals surface area contributed by atoms with Crippen LogP contribution in [0.5, 0.6) is 0 Å². The highest BCUT2D eigenvalue weighted by atomic mass is 35.5. The molecule has 4 heteroatoms. The van der Waals surface area contributed by atoms with Gasteiger partial charge in [-0.25, -0.2) is 4.79 Å². The highest BCUT2D eigenvalue weighted by Crippen LogP contribution is 2.38. The van der Waals surface area contributed by atoms with Gasteiger partial charge in [-0.15, -0.1) is 11.6 Å². The molecule has 3 nitrogen and oxygen atoms in total. The van der Waals surface area contributed by atoms with Crippen LogP contribution in [0.15, 0.2) is 0 Å². The fraction of sp³-hybridized carbons (Fsp3) is 0.917. The van der Waals surface area contributed by atoms with Crippen molar-refractivity contribution >= 4 is 17.7 Å². The van der Waals surface area contributed by atoms with Gasteiger partial charge in [-0.05, 0) is 33.6 Å². The minimum atomic E-state index is -0.437. The van der Waals surface area contributed by atoms with Gasteiger partial charge >= 0.3 is 6.09 Å². The second-order valence-electron chi connectivity index (χ2n) is 5.70. The Morgan fingerprint density at radius 1 is 1.38 bits per heavy atom. The smallest absolute Gasteiger partial charge is 0.407 e. The summed E-state index contributed by atoms with van der Waals surface area (Å²) in [5.41, 5.74) is -0.341. The van der Waals surface area contributed by atoms with Gasteiger partial charge < -0.3 is 10.1 Å². The molecule has 0 heterocycles. The molecule has 0 aromatic heterocycles. The Hall–Kier alpha value is -0.440. The standard InChI is InChI=1S/C12H22ClNO2/c1-11(2,3)16-10(15)14-9-12(8-13)6-4-5-7-12/h4-9H2,1-3H3,(H,14,15). The summed E-state index contributed by atoms with van der Waals surface area (Å²) in [5, 5.41) is 2.83. The predicted molar refractivity (Wildman–Crippen MR) is 65.9 cm³/mol. The van der Waals surface area contributed by atoms with Gasteiger partial charge in [0.15, 0.2) is 0 Å². The van der Waals surface area contributed by atoms with E-state index in [1.54, 1.807) is 0 Å². The number of hydrogen-bond donors (Lipinski definition) is 1. The highest BCUT2D eigenvalue weighted by molar-refractivity contribution is 6.18. The summed E-state index contributed by atoms with van der Waals surface area (Å²) < 4.78 is 5.19. The summed E-state index contributed by atoms with van der Waals surface area (Å²) in [4.78, 5) is 11.5. The molecule has 1 amide bonds. The van der Waals surface area contributed by atoms with Crippen LogP contribution in [0.2, 0.25) is 0 Å². The third-order valence-electron chi connectivity index (χ3n) is 2.95. The fourth-order valence-electron chi connectivity index (χ4n) is 2.06. The van der Waals surface area contributed by atoms with Crippen LogP contribution in [-0.4, -0.2) is 24.1 Å². The van der Waals surface area contributed by atoms with Crippen LogP contribution >= 0.6 is 11.6 Å². The van der Waals surface area contributed by atoms with E-state index in [0.717, 1.165) is 12.8 Å². The van der Waals surface area contributed by atoms with E-state index >= 15 is 0 Å². The number of nitrogens with one attached hydrogen (secondary N) is 1. The number of rotatable bonds is 3. The first kappa shape index (κ1) is 13.6. The van der Waals surface area contributed by atoms with Crippen LogP contribution in [-0.2, 0) is 4.74 Å². The lowest BCUT2D eigenvalue weighted by molar-refractivity contribution is 0.0505. The molecule has 0 saturated heterocycles. The Bertz CT molecular complexity index is 242. The summed E-state index contributed by atoms with van der Waals surface area (Å²) >= 11 is 5.99. The van der Waals surface area contributed by atoms with Crippen LogP contribution in [0.3, 0.4) is 0 Å². The number of carbonyl (C=O) groups excluding carboxylic acids is 1. The zero-order valence-electron chi connectivity index (χ0n) is 10.4. The highest BCUT2D eigenvalue weighted by Gasteiger charge is 2.33. The molecule has 16 heavy (non-hydrogen) atoms. The number of ether oxygens (including phenoxy) is 1. The van der Waals surface area contributed by atoms with Crippen LogP contribution in [0.25, 0.3) is 0 Å². The summed E-state index contributed by atoms with van der Waals surface area (Å²) in [5.74, 6) is 0.614. The largest absolute Gasteiger partial charge is 0.444 e. The van der Waals surface area contributed by atoms with Crippen molar-refractivity contribution in [2.75, 3.05) is 12.4 Å². The zero-order valence-corrected chi connectivity index (χ0v) is 11.2. The monoisotopic (exact) mass is 247 g/mol. The first-order valence-electron chi connectivity index (χ1n) is 5.90. The van der Waals surface area contributed by atoms with Crippen LogP contribution in [0, 0.1) is 5.41 Å². The lowest BCUT2D eigenvalue weighted by atomic mass is 9.89. The first-order valence-corrected chi connectivity index (χ1v) is 6.43. The van der Waals surface area contributed by atoms with Gasteiger partial charge in [0.05, 0.1) is 0 Å². The fourth-order valence-corrected chi connectivity index (χ4v) is 2.42. The molecule has 0 bridgehead atoms. The van der Waals surface area contributed by atoms with Crippen molar-refractivity contribution in [1.82, 2.24) is 5.32 Å². The molecule has 1 rings (SSSR count). The Morgan fingerprint density at radius 2 is 1.94 bits per heavy atom. The molecule has 0 aliphatic heterocycles. The Morgan fingerprint density at radius 3 is 2.38 bits per heavy atom. The molecule has 1 aliphatic carbocycles. The molecule has 1 fully saturated rings. The lowest BCUT2D eigenvalue weighted by Crippen LogP contribution is -2.40. The normalized spacial score (nSPS) is 19.5. The Labute approximate surface area is 103 Å². The van der Waals surface area contributed by atoms with Gasteiger partial charge in [0.25, 0.3) is 0 Å². The Balaban J connectivity index is 2.35. The van der Waals surface area contributed by atoms with Crippen molar-refractivity contribution in [3.63, 3.8) is 0 Å². The van der Waals surface area contributed by atoms with E-state index in [1.807, 2.05) is 20.8 Å². The van der Waals surface area contributed by atoms with Gasteiger partial charge in [0, 0.05) is 17.8 Å². The maximum Gasteiger partial charge on any atom is 0.407 e. The van der Waals surface area contributed by atoms with Crippen molar-refractivity contribution in [2.24, 2.45) is 5.41 Å². The van der Waals surface area contributed by atoms with E-state index in [9.17, 15) is 4.79 Å². The average molecular weight is 248 g/mol. The summed E-state index contributed by atoms with van der Waals surface area (Å²) in [6.07, 6.45) is 4.29. The number of amides is 1. The molecular formula is C12H22ClNO2. The van der Waals surface area contributed by atoms with Gasteiger partial charge in [-0.3, -0.25) is 0 Å². The Kier molecular flexibility index (Phi) is 4.48. The van der Waals surface area contributed by atoms with Gasteiger partial charge in [-0.1, -0.05) is 12.8 Å². The number of halogens is 1. The molecular weight excluding hydrogens is 226 g/mol. The molecule has 1 N–H and O–H groups in total. The van der Waals surface area contributed by atoms with E-state index in [-0.39, 0.29) is 11.5 Å². The molecule has 0 radical (unpaired) electrons. The molecule has 1 saturated carbocycles. The minimum absolute atomic E-state index is 0.0957. The van der Waals surface area contributed by atoms with Gasteiger partial charge in [0.2, 0.25) is 0 Å². The van der Waals surface area contributed by atoms with Crippen molar-refractivity contribution < 1.29 is 9.53 Å². The second-order valence-corrected chi connectivity index (χ2v) is 5.96. The molecule has 1 aliphatic rings. The number of alkyl halides is 1. The first-order chi connectivity index (χ1) is 7.37. The third kappa shape index (κ3) is 4.20. The molecule has 0 atom stereocenters. The summed E-state index contributed by atoms with van der Waals surface area (Å²) in [6, 6.07) is 0. The van der Waals surface area contributed by atoms with Crippen molar-refractivity contribution in [3.8, 4) is 0 Å². The van der Waals surface area contributed by atoms with Crippen LogP contribution < -0.4 is 5.32 Å². The van der Waals surface area contributed by atoms with Gasteiger partial charge in [-0.2, -0.15) is 0 Å². The van der Waals surface area contributed by atoms with E-state index in [2.05, 4.69) is 5.32 Å². The molecule has 0 spiro atoms. The predicted octanol–water partition coefficient (Wildman–Crippen LogP) is 3.31. The van der Waals surface area contributed by atoms with Gasteiger partial charge in [0.1, 0.15) is 5.60 Å². The maximum atomic E-state index is 11.5. The van der Waals surface area contributed by atoms with Crippen molar-refractivity contribution in [1.29, 1.82) is 0 Å². The SMILES string of the molecule is CC(C)(C)OC(=O)NCC1(CCl)CCCC1. The average Bonchev–Trinajstić information content (AvgIpc) is 2.61. The third-order valence-corrected chi connectivity index (χ3v) is 3.52. The quantitative estimate of drug-likeness (QED) is 0.777. The van der Waals surface area contributed by atoms with Crippen molar-refractivity contribution in [3.05, 3.63) is 0 Å². The molecule has 0 aromatic carbocycles. The van der Waals surface area contributed by atoms with E-state index in [0.29, 0.717) is 12.4 Å². The molecule has 94 valence electrons. The number of carbonyl (C=O) groups is 1. The van der Waals surface area contributed by atoms with Crippen LogP contribution in [0.1, 0.15) is 46.5 Å². The second kappa shape index (κ2) is 5.26. The molecule has 0 unspecified atom stereocenters.